The first-order chi connectivity index (χ1) is 5.25. The number of hydrogen-bond donors (Lipinski definition) is 4. The zero-order valence-electron chi connectivity index (χ0n) is 5.58. The molecule has 0 saturated heterocycles. The molecule has 9 heteroatoms. The van der Waals surface area contributed by atoms with Gasteiger partial charge in [-0.3, -0.25) is 10.3 Å². The van der Waals surface area contributed by atoms with Gasteiger partial charge in [-0.25, -0.2) is 9.59 Å². The van der Waals surface area contributed by atoms with E-state index in [1.807, 2.05) is 0 Å². The van der Waals surface area contributed by atoms with Crippen molar-refractivity contribution in [1.82, 2.24) is 0 Å². The molecule has 0 aliphatic rings. The molecule has 1 atom stereocenters. The molecule has 70 valence electrons. The predicted octanol–water partition coefficient (Wildman–Crippen LogP) is -1.97. The third kappa shape index (κ3) is 3.44. The Kier molecular flexibility index (Phi) is 3.35. The molecule has 1 unspecified atom stereocenters. The van der Waals surface area contributed by atoms with Crippen LogP contribution in [0.25, 0.3) is 0 Å². The molecular weight excluding hydrogens is 193 g/mol. The van der Waals surface area contributed by atoms with Gasteiger partial charge in [0.1, 0.15) is 0 Å². The molecule has 5 N–H and O–H groups in total. The number of rotatable bonds is 2. The highest BCUT2D eigenvalue weighted by molar-refractivity contribution is 7.52. The van der Waals surface area contributed by atoms with Gasteiger partial charge in [-0.05, 0) is 0 Å². The summed E-state index contributed by atoms with van der Waals surface area (Å²) >= 11 is 0. The molecule has 0 aromatic rings. The first-order valence-corrected chi connectivity index (χ1v) is 4.18. The average molecular weight is 199 g/mol. The topological polar surface area (TPSA) is 147 Å². The smallest absolute Gasteiger partial charge is 0.419 e. The Morgan fingerprint density at radius 1 is 1.42 bits per heavy atom. The zero-order valence-corrected chi connectivity index (χ0v) is 6.47. The van der Waals surface area contributed by atoms with Gasteiger partial charge in [0.2, 0.25) is 0 Å². The molecule has 0 aliphatic heterocycles. The van der Waals surface area contributed by atoms with E-state index in [1.54, 1.807) is 0 Å². The van der Waals surface area contributed by atoms with E-state index in [9.17, 15) is 14.2 Å². The van der Waals surface area contributed by atoms with Crippen molar-refractivity contribution in [3.63, 3.8) is 0 Å². The maximum absolute atomic E-state index is 10.2. The van der Waals surface area contributed by atoms with Crippen LogP contribution < -0.4 is 5.73 Å². The van der Waals surface area contributed by atoms with Crippen molar-refractivity contribution in [2.24, 2.45) is 5.73 Å². The zero-order chi connectivity index (χ0) is 9.94. The van der Waals surface area contributed by atoms with E-state index in [0.717, 1.165) is 0 Å². The van der Waals surface area contributed by atoms with E-state index in [-0.39, 0.29) is 0 Å². The monoisotopic (exact) mass is 199 g/mol. The van der Waals surface area contributed by atoms with Gasteiger partial charge in [0.25, 0.3) is 5.97 Å². The maximum atomic E-state index is 10.2. The van der Waals surface area contributed by atoms with Gasteiger partial charge in [0.05, 0.1) is 0 Å². The van der Waals surface area contributed by atoms with Crippen molar-refractivity contribution >= 4 is 19.5 Å². The third-order valence-electron chi connectivity index (χ3n) is 0.734. The van der Waals surface area contributed by atoms with Crippen LogP contribution in [0.2, 0.25) is 0 Å². The SMILES string of the molecule is NC(OC(=O)C(=O)O)P(=O)(O)O. The van der Waals surface area contributed by atoms with Crippen LogP contribution in [0.4, 0.5) is 0 Å². The summed E-state index contributed by atoms with van der Waals surface area (Å²) in [5, 5.41) is 7.91. The summed E-state index contributed by atoms with van der Waals surface area (Å²) in [5.74, 6) is -6.02. The average Bonchev–Trinajstić information content (AvgIpc) is 1.85. The normalized spacial score (nSPS) is 13.6. The molecule has 0 fully saturated rings. The second-order valence-corrected chi connectivity index (χ2v) is 3.38. The van der Waals surface area contributed by atoms with Crippen LogP contribution >= 0.6 is 7.60 Å². The third-order valence-corrected chi connectivity index (χ3v) is 1.50. The van der Waals surface area contributed by atoms with Crippen LogP contribution in [0.5, 0.6) is 0 Å². The van der Waals surface area contributed by atoms with Crippen molar-refractivity contribution in [3.8, 4) is 0 Å². The van der Waals surface area contributed by atoms with Gasteiger partial charge < -0.3 is 19.6 Å². The first-order valence-electron chi connectivity index (χ1n) is 2.50. The maximum Gasteiger partial charge on any atom is 0.419 e. The summed E-state index contributed by atoms with van der Waals surface area (Å²) in [4.78, 5) is 36.4. The lowest BCUT2D eigenvalue weighted by atomic mass is 10.7. The number of carbonyl (C=O) groups is 2. The number of hydrogen-bond acceptors (Lipinski definition) is 5. The number of nitrogens with two attached hydrogens (primary N) is 1. The molecule has 0 spiro atoms. The van der Waals surface area contributed by atoms with Crippen molar-refractivity contribution in [3.05, 3.63) is 0 Å². The van der Waals surface area contributed by atoms with Crippen LogP contribution in [0.3, 0.4) is 0 Å². The number of esters is 1. The summed E-state index contributed by atoms with van der Waals surface area (Å²) < 4.78 is 13.8. The molecule has 0 rings (SSSR count). The minimum Gasteiger partial charge on any atom is -0.473 e. The number of carboxylic acid groups (broad SMARTS) is 1. The second kappa shape index (κ2) is 3.63. The van der Waals surface area contributed by atoms with E-state index < -0.39 is 25.5 Å². The summed E-state index contributed by atoms with van der Waals surface area (Å²) in [6.45, 7) is 0. The highest BCUT2D eigenvalue weighted by Gasteiger charge is 2.30. The minimum atomic E-state index is -4.78. The standard InChI is InChI=1S/C3H6NO7P/c4-3(12(8,9)10)11-2(7)1(5)6/h3H,4H2,(H,5,6)(H2,8,9,10). The summed E-state index contributed by atoms with van der Waals surface area (Å²) in [5.41, 5.74) is 4.62. The predicted molar refractivity (Wildman–Crippen MR) is 33.7 cm³/mol. The highest BCUT2D eigenvalue weighted by atomic mass is 31.2. The Bertz CT molecular complexity index is 243. The molecule has 0 radical (unpaired) electrons. The van der Waals surface area contributed by atoms with E-state index in [1.165, 1.54) is 0 Å². The Morgan fingerprint density at radius 2 is 1.83 bits per heavy atom. The number of ether oxygens (including phenoxy) is 1. The van der Waals surface area contributed by atoms with Gasteiger partial charge >= 0.3 is 19.5 Å². The lowest BCUT2D eigenvalue weighted by Crippen LogP contribution is -2.30. The van der Waals surface area contributed by atoms with Gasteiger partial charge in [-0.1, -0.05) is 0 Å². The van der Waals surface area contributed by atoms with E-state index in [4.69, 9.17) is 14.9 Å². The lowest BCUT2D eigenvalue weighted by molar-refractivity contribution is -0.165. The summed E-state index contributed by atoms with van der Waals surface area (Å²) in [7, 11) is -4.78. The molecule has 8 nitrogen and oxygen atoms in total. The summed E-state index contributed by atoms with van der Waals surface area (Å²) in [6, 6.07) is 0. The molecule has 0 heterocycles. The number of carboxylic acids is 1. The Hall–Kier alpha value is -0.950. The molecular formula is C3H6NO7P. The van der Waals surface area contributed by atoms with Crippen LogP contribution in [-0.4, -0.2) is 32.8 Å². The fourth-order valence-electron chi connectivity index (χ4n) is 0.229. The highest BCUT2D eigenvalue weighted by Crippen LogP contribution is 2.38. The molecule has 0 aromatic carbocycles. The van der Waals surface area contributed by atoms with Crippen molar-refractivity contribution in [2.45, 2.75) is 5.97 Å². The molecule has 0 aliphatic carbocycles. The second-order valence-electron chi connectivity index (χ2n) is 1.69. The Balaban J connectivity index is 4.21. The van der Waals surface area contributed by atoms with Crippen molar-refractivity contribution in [2.75, 3.05) is 0 Å². The first kappa shape index (κ1) is 11.1. The Morgan fingerprint density at radius 3 is 2.08 bits per heavy atom. The number of aliphatic carboxylic acids is 1. The fraction of sp³-hybridized carbons (Fsp3) is 0.333. The van der Waals surface area contributed by atoms with Crippen molar-refractivity contribution < 1.29 is 33.8 Å². The minimum absolute atomic E-state index is 1.81. The summed E-state index contributed by atoms with van der Waals surface area (Å²) in [6.07, 6.45) is 0. The van der Waals surface area contributed by atoms with Gasteiger partial charge in [-0.15, -0.1) is 0 Å². The van der Waals surface area contributed by atoms with Gasteiger partial charge in [0.15, 0.2) is 0 Å². The van der Waals surface area contributed by atoms with Crippen LogP contribution in [-0.2, 0) is 18.9 Å². The van der Waals surface area contributed by atoms with E-state index in [0.29, 0.717) is 0 Å². The number of carbonyl (C=O) groups excluding carboxylic acids is 1. The largest absolute Gasteiger partial charge is 0.473 e. The molecule has 0 aromatic heterocycles. The van der Waals surface area contributed by atoms with Crippen LogP contribution in [0.1, 0.15) is 0 Å². The fourth-order valence-corrected chi connectivity index (χ4v) is 0.462. The molecule has 0 saturated carbocycles. The van der Waals surface area contributed by atoms with Crippen LogP contribution in [0, 0.1) is 0 Å². The van der Waals surface area contributed by atoms with Gasteiger partial charge in [0, 0.05) is 0 Å². The quantitative estimate of drug-likeness (QED) is 0.173. The van der Waals surface area contributed by atoms with Gasteiger partial charge in [-0.2, -0.15) is 0 Å². The lowest BCUT2D eigenvalue weighted by Gasteiger charge is -2.11. The Labute approximate surface area is 66.1 Å². The molecule has 0 amide bonds. The molecule has 12 heavy (non-hydrogen) atoms. The van der Waals surface area contributed by atoms with Crippen molar-refractivity contribution in [1.29, 1.82) is 0 Å². The van der Waals surface area contributed by atoms with E-state index >= 15 is 0 Å². The molecule has 0 bridgehead atoms. The van der Waals surface area contributed by atoms with Crippen LogP contribution in [0.15, 0.2) is 0 Å². The van der Waals surface area contributed by atoms with E-state index in [2.05, 4.69) is 10.5 Å².